The number of allylic oxidation sites excluding steroid dienone is 1. The van der Waals surface area contributed by atoms with Crippen molar-refractivity contribution in [1.82, 2.24) is 4.98 Å². The van der Waals surface area contributed by atoms with Crippen LogP contribution >= 0.6 is 11.6 Å². The van der Waals surface area contributed by atoms with Crippen molar-refractivity contribution >= 4 is 35.2 Å². The first-order valence-electron chi connectivity index (χ1n) is 7.99. The number of fused-ring (bicyclic) bond motifs is 1. The Morgan fingerprint density at radius 2 is 2.12 bits per heavy atom. The van der Waals surface area contributed by atoms with Crippen LogP contribution in [0.4, 0.5) is 5.69 Å². The highest BCUT2D eigenvalue weighted by Gasteiger charge is 2.17. The lowest BCUT2D eigenvalue weighted by atomic mass is 10.1. The van der Waals surface area contributed by atoms with Gasteiger partial charge in [-0.2, -0.15) is 0 Å². The number of ether oxygens (including phenoxy) is 1. The van der Waals surface area contributed by atoms with Crippen molar-refractivity contribution < 1.29 is 14.3 Å². The van der Waals surface area contributed by atoms with Crippen molar-refractivity contribution in [3.05, 3.63) is 63.9 Å². The first kappa shape index (κ1) is 17.2. The number of benzene rings is 1. The minimum Gasteiger partial charge on any atom is -0.466 e. The Morgan fingerprint density at radius 1 is 1.32 bits per heavy atom. The Bertz CT molecular complexity index is 862. The minimum atomic E-state index is -0.368. The first-order valence-corrected chi connectivity index (χ1v) is 8.37. The van der Waals surface area contributed by atoms with Crippen molar-refractivity contribution in [2.45, 2.75) is 19.8 Å². The van der Waals surface area contributed by atoms with Crippen LogP contribution in [0.5, 0.6) is 0 Å². The van der Waals surface area contributed by atoms with Crippen molar-refractivity contribution in [2.75, 3.05) is 11.9 Å². The van der Waals surface area contributed by atoms with Gasteiger partial charge in [0.25, 0.3) is 5.91 Å². The lowest BCUT2D eigenvalue weighted by Gasteiger charge is -2.11. The van der Waals surface area contributed by atoms with Gasteiger partial charge in [-0.05, 0) is 36.6 Å². The predicted octanol–water partition coefficient (Wildman–Crippen LogP) is 3.66. The van der Waals surface area contributed by atoms with Gasteiger partial charge in [0.1, 0.15) is 10.8 Å². The Labute approximate surface area is 150 Å². The summed E-state index contributed by atoms with van der Waals surface area (Å²) in [5, 5.41) is 3.12. The van der Waals surface area contributed by atoms with E-state index in [0.29, 0.717) is 23.0 Å². The quantitative estimate of drug-likeness (QED) is 0.655. The fraction of sp³-hybridized carbons (Fsp3) is 0.211. The van der Waals surface area contributed by atoms with Crippen LogP contribution < -0.4 is 5.32 Å². The van der Waals surface area contributed by atoms with Crippen LogP contribution in [-0.2, 0) is 22.4 Å². The number of anilines is 1. The van der Waals surface area contributed by atoms with Gasteiger partial charge in [0.05, 0.1) is 13.0 Å². The molecule has 1 heterocycles. The third-order valence-corrected chi connectivity index (χ3v) is 4.15. The SMILES string of the molecule is CCOC(=O)Cc1ccccc1NC(=O)c1cc2c(c(Cl)n1)C=CC2. The smallest absolute Gasteiger partial charge is 0.310 e. The molecule has 0 spiro atoms. The number of carbonyl (C=O) groups is 2. The van der Waals surface area contributed by atoms with E-state index in [1.54, 1.807) is 37.3 Å². The molecular formula is C19H17ClN2O3. The zero-order chi connectivity index (χ0) is 17.8. The average molecular weight is 357 g/mol. The molecule has 25 heavy (non-hydrogen) atoms. The number of hydrogen-bond donors (Lipinski definition) is 1. The largest absolute Gasteiger partial charge is 0.466 e. The summed E-state index contributed by atoms with van der Waals surface area (Å²) in [7, 11) is 0. The van der Waals surface area contributed by atoms with Crippen molar-refractivity contribution in [2.24, 2.45) is 0 Å². The molecule has 6 heteroatoms. The van der Waals surface area contributed by atoms with E-state index in [2.05, 4.69) is 10.3 Å². The van der Waals surface area contributed by atoms with Gasteiger partial charge in [0, 0.05) is 11.3 Å². The molecule has 128 valence electrons. The number of carbonyl (C=O) groups excluding carboxylic acids is 2. The van der Waals surface area contributed by atoms with E-state index in [9.17, 15) is 9.59 Å². The fourth-order valence-electron chi connectivity index (χ4n) is 2.69. The van der Waals surface area contributed by atoms with Gasteiger partial charge in [-0.15, -0.1) is 0 Å². The maximum Gasteiger partial charge on any atom is 0.310 e. The van der Waals surface area contributed by atoms with E-state index in [0.717, 1.165) is 17.5 Å². The second kappa shape index (κ2) is 7.49. The highest BCUT2D eigenvalue weighted by molar-refractivity contribution is 6.31. The summed E-state index contributed by atoms with van der Waals surface area (Å²) in [6.07, 6.45) is 4.71. The molecule has 1 aromatic heterocycles. The number of halogens is 1. The van der Waals surface area contributed by atoms with Crippen LogP contribution in [0, 0.1) is 0 Å². The summed E-state index contributed by atoms with van der Waals surface area (Å²) in [5.41, 5.74) is 3.32. The summed E-state index contributed by atoms with van der Waals surface area (Å²) in [6, 6.07) is 8.85. The number of esters is 1. The Hall–Kier alpha value is -2.66. The summed E-state index contributed by atoms with van der Waals surface area (Å²) in [4.78, 5) is 28.5. The number of pyridine rings is 1. The molecule has 5 nitrogen and oxygen atoms in total. The van der Waals surface area contributed by atoms with Crippen molar-refractivity contribution in [1.29, 1.82) is 0 Å². The summed E-state index contributed by atoms with van der Waals surface area (Å²) < 4.78 is 4.97. The molecule has 0 saturated heterocycles. The number of rotatable bonds is 5. The van der Waals surface area contributed by atoms with Gasteiger partial charge in [0.15, 0.2) is 0 Å². The van der Waals surface area contributed by atoms with Gasteiger partial charge in [-0.25, -0.2) is 4.98 Å². The molecule has 0 fully saturated rings. The van der Waals surface area contributed by atoms with E-state index in [4.69, 9.17) is 16.3 Å². The molecular weight excluding hydrogens is 340 g/mol. The van der Waals surface area contributed by atoms with Crippen LogP contribution in [0.2, 0.25) is 5.15 Å². The molecule has 1 N–H and O–H groups in total. The third kappa shape index (κ3) is 3.88. The van der Waals surface area contributed by atoms with E-state index < -0.39 is 0 Å². The molecule has 0 bridgehead atoms. The molecule has 0 radical (unpaired) electrons. The topological polar surface area (TPSA) is 68.3 Å². The monoisotopic (exact) mass is 356 g/mol. The standard InChI is InChI=1S/C19H17ClN2O3/c1-2-25-17(23)11-13-6-3-4-9-15(13)22-19(24)16-10-12-7-5-8-14(12)18(20)21-16/h3-6,8-10H,2,7,11H2,1H3,(H,22,24). The second-order valence-electron chi connectivity index (χ2n) is 5.57. The highest BCUT2D eigenvalue weighted by atomic mass is 35.5. The highest BCUT2D eigenvalue weighted by Crippen LogP contribution is 2.27. The number of para-hydroxylation sites is 1. The van der Waals surface area contributed by atoms with E-state index in [1.165, 1.54) is 0 Å². The molecule has 1 aromatic carbocycles. The summed E-state index contributed by atoms with van der Waals surface area (Å²) >= 11 is 6.15. The van der Waals surface area contributed by atoms with Gasteiger partial charge < -0.3 is 10.1 Å². The molecule has 0 atom stereocenters. The average Bonchev–Trinajstić information content (AvgIpc) is 3.06. The number of aromatic nitrogens is 1. The summed E-state index contributed by atoms with van der Waals surface area (Å²) in [5.74, 6) is -0.707. The van der Waals surface area contributed by atoms with E-state index >= 15 is 0 Å². The molecule has 2 aromatic rings. The molecule has 1 aliphatic rings. The Morgan fingerprint density at radius 3 is 2.92 bits per heavy atom. The van der Waals surface area contributed by atoms with Gasteiger partial charge in [-0.1, -0.05) is 42.0 Å². The predicted molar refractivity (Wildman–Crippen MR) is 96.7 cm³/mol. The maximum atomic E-state index is 12.6. The van der Waals surface area contributed by atoms with Gasteiger partial charge in [-0.3, -0.25) is 9.59 Å². The van der Waals surface area contributed by atoms with Gasteiger partial charge in [0.2, 0.25) is 0 Å². The van der Waals surface area contributed by atoms with Crippen molar-refractivity contribution in [3.8, 4) is 0 Å². The third-order valence-electron chi connectivity index (χ3n) is 3.86. The van der Waals surface area contributed by atoms with E-state index in [-0.39, 0.29) is 24.0 Å². The first-order chi connectivity index (χ1) is 12.1. The second-order valence-corrected chi connectivity index (χ2v) is 5.93. The number of amides is 1. The molecule has 3 rings (SSSR count). The zero-order valence-corrected chi connectivity index (χ0v) is 14.5. The summed E-state index contributed by atoms with van der Waals surface area (Å²) in [6.45, 7) is 2.07. The normalized spacial score (nSPS) is 11.9. The molecule has 0 saturated carbocycles. The fourth-order valence-corrected chi connectivity index (χ4v) is 2.96. The molecule has 1 amide bonds. The minimum absolute atomic E-state index is 0.0899. The zero-order valence-electron chi connectivity index (χ0n) is 13.7. The van der Waals surface area contributed by atoms with Gasteiger partial charge >= 0.3 is 5.97 Å². The van der Waals surface area contributed by atoms with Crippen LogP contribution in [0.25, 0.3) is 6.08 Å². The number of nitrogens with zero attached hydrogens (tertiary/aromatic N) is 1. The van der Waals surface area contributed by atoms with E-state index in [1.807, 2.05) is 12.2 Å². The van der Waals surface area contributed by atoms with Crippen LogP contribution in [0.1, 0.15) is 34.1 Å². The number of nitrogens with one attached hydrogen (secondary N) is 1. The van der Waals surface area contributed by atoms with Crippen LogP contribution in [0.3, 0.4) is 0 Å². The molecule has 0 aliphatic heterocycles. The Kier molecular flexibility index (Phi) is 5.14. The molecule has 1 aliphatic carbocycles. The lowest BCUT2D eigenvalue weighted by molar-refractivity contribution is -0.142. The van der Waals surface area contributed by atoms with Crippen LogP contribution in [0.15, 0.2) is 36.4 Å². The Balaban J connectivity index is 1.80. The van der Waals surface area contributed by atoms with Crippen molar-refractivity contribution in [3.63, 3.8) is 0 Å². The molecule has 0 unspecified atom stereocenters. The number of hydrogen-bond acceptors (Lipinski definition) is 4. The lowest BCUT2D eigenvalue weighted by Crippen LogP contribution is -2.17. The van der Waals surface area contributed by atoms with Crippen LogP contribution in [-0.4, -0.2) is 23.5 Å². The maximum absolute atomic E-state index is 12.6.